The molecule has 0 fully saturated rings. The lowest BCUT2D eigenvalue weighted by Gasteiger charge is -2.07. The van der Waals surface area contributed by atoms with Gasteiger partial charge in [0.05, 0.1) is 17.7 Å². The van der Waals surface area contributed by atoms with Crippen molar-refractivity contribution in [3.63, 3.8) is 0 Å². The molecule has 0 spiro atoms. The van der Waals surface area contributed by atoms with E-state index in [-0.39, 0.29) is 6.61 Å². The minimum absolute atomic E-state index is 0.0799. The van der Waals surface area contributed by atoms with Gasteiger partial charge in [0.1, 0.15) is 11.4 Å². The van der Waals surface area contributed by atoms with E-state index in [2.05, 4.69) is 6.92 Å². The average Bonchev–Trinajstić information content (AvgIpc) is 2.52. The number of alkyl halides is 2. The topological polar surface area (TPSA) is 52.6 Å². The highest BCUT2D eigenvalue weighted by molar-refractivity contribution is 6.44. The molecule has 0 atom stereocenters. The zero-order valence-electron chi connectivity index (χ0n) is 12.5. The number of carbonyl (C=O) groups excluding carboxylic acids is 2. The van der Waals surface area contributed by atoms with Crippen molar-refractivity contribution in [2.24, 2.45) is 0 Å². The Balaban J connectivity index is 2.43. The van der Waals surface area contributed by atoms with Crippen LogP contribution in [0.4, 0.5) is 0 Å². The summed E-state index contributed by atoms with van der Waals surface area (Å²) in [5.74, 6) is -0.927. The molecule has 0 aliphatic rings. The molecule has 0 aromatic heterocycles. The fraction of sp³-hybridized carbons (Fsp3) is 0.500. The van der Waals surface area contributed by atoms with Crippen LogP contribution in [-0.2, 0) is 9.47 Å². The van der Waals surface area contributed by atoms with E-state index in [1.54, 1.807) is 0 Å². The highest BCUT2D eigenvalue weighted by Gasteiger charge is 2.12. The van der Waals surface area contributed by atoms with Gasteiger partial charge in [-0.3, -0.25) is 0 Å². The molecule has 22 heavy (non-hydrogen) atoms. The maximum Gasteiger partial charge on any atom is 0.338 e. The summed E-state index contributed by atoms with van der Waals surface area (Å²) in [5.41, 5.74) is 0.730. The Morgan fingerprint density at radius 2 is 1.50 bits per heavy atom. The van der Waals surface area contributed by atoms with Crippen molar-refractivity contribution in [3.8, 4) is 0 Å². The molecule has 0 saturated heterocycles. The first kappa shape index (κ1) is 18.8. The fourth-order valence-corrected chi connectivity index (χ4v) is 1.87. The third-order valence-corrected chi connectivity index (χ3v) is 3.18. The highest BCUT2D eigenvalue weighted by Crippen LogP contribution is 2.10. The molecular weight excluding hydrogens is 327 g/mol. The molecule has 0 aliphatic heterocycles. The van der Waals surface area contributed by atoms with Gasteiger partial charge in [0, 0.05) is 0 Å². The van der Waals surface area contributed by atoms with Crippen molar-refractivity contribution in [2.75, 3.05) is 13.2 Å². The minimum Gasteiger partial charge on any atom is -0.462 e. The van der Waals surface area contributed by atoms with Gasteiger partial charge in [-0.25, -0.2) is 9.59 Å². The van der Waals surface area contributed by atoms with Gasteiger partial charge >= 0.3 is 11.9 Å². The maximum atomic E-state index is 11.8. The lowest BCUT2D eigenvalue weighted by molar-refractivity contribution is 0.0491. The summed E-state index contributed by atoms with van der Waals surface area (Å²) in [6, 6.07) is 6.08. The Hall–Kier alpha value is -1.26. The number of hydrogen-bond acceptors (Lipinski definition) is 4. The zero-order chi connectivity index (χ0) is 16.4. The van der Waals surface area contributed by atoms with Crippen molar-refractivity contribution in [1.82, 2.24) is 0 Å². The van der Waals surface area contributed by atoms with E-state index in [9.17, 15) is 9.59 Å². The van der Waals surface area contributed by atoms with E-state index in [0.717, 1.165) is 25.7 Å². The number of hydrogen-bond donors (Lipinski definition) is 0. The lowest BCUT2D eigenvalue weighted by Crippen LogP contribution is -2.11. The second-order valence-electron chi connectivity index (χ2n) is 4.76. The summed E-state index contributed by atoms with van der Waals surface area (Å²) in [6.07, 6.45) is 4.19. The van der Waals surface area contributed by atoms with Crippen molar-refractivity contribution < 1.29 is 19.1 Å². The highest BCUT2D eigenvalue weighted by atomic mass is 35.5. The summed E-state index contributed by atoms with van der Waals surface area (Å²) in [4.78, 5) is 22.7. The molecule has 0 amide bonds. The van der Waals surface area contributed by atoms with Gasteiger partial charge in [0.25, 0.3) is 0 Å². The second-order valence-corrected chi connectivity index (χ2v) is 6.04. The second kappa shape index (κ2) is 10.5. The number of rotatable bonds is 9. The number of esters is 2. The van der Waals surface area contributed by atoms with E-state index in [0.29, 0.717) is 17.7 Å². The van der Waals surface area contributed by atoms with Gasteiger partial charge in [-0.1, -0.05) is 26.2 Å². The van der Waals surface area contributed by atoms with Crippen LogP contribution in [0.25, 0.3) is 0 Å². The normalized spacial score (nSPS) is 10.5. The molecule has 1 aromatic rings. The first-order valence-corrected chi connectivity index (χ1v) is 8.14. The molecule has 122 valence electrons. The summed E-state index contributed by atoms with van der Waals surface area (Å²) in [6.45, 7) is 2.46. The predicted molar refractivity (Wildman–Crippen MR) is 86.6 cm³/mol. The Labute approximate surface area is 140 Å². The molecule has 0 radical (unpaired) electrons. The molecule has 0 saturated carbocycles. The monoisotopic (exact) mass is 346 g/mol. The number of halogens is 2. The third kappa shape index (κ3) is 7.14. The van der Waals surface area contributed by atoms with Crippen molar-refractivity contribution >= 4 is 35.1 Å². The Morgan fingerprint density at radius 3 is 2.00 bits per heavy atom. The van der Waals surface area contributed by atoms with Gasteiger partial charge < -0.3 is 9.47 Å². The standard InChI is InChI=1S/C16H20Cl2O4/c1-2-3-4-5-10-21-15(19)12-6-8-13(9-7-12)16(20)22-11-14(17)18/h6-9,14H,2-5,10-11H2,1H3. The lowest BCUT2D eigenvalue weighted by atomic mass is 10.1. The average molecular weight is 347 g/mol. The summed E-state index contributed by atoms with van der Waals surface area (Å²) >= 11 is 11.0. The minimum atomic E-state index is -0.758. The number of unbranched alkanes of at least 4 members (excludes halogenated alkanes) is 3. The molecule has 0 heterocycles. The smallest absolute Gasteiger partial charge is 0.338 e. The van der Waals surface area contributed by atoms with E-state index < -0.39 is 16.8 Å². The Kier molecular flexibility index (Phi) is 8.94. The molecule has 6 heteroatoms. The predicted octanol–water partition coefficient (Wildman–Crippen LogP) is 4.38. The van der Waals surface area contributed by atoms with Crippen LogP contribution in [0.5, 0.6) is 0 Å². The first-order chi connectivity index (χ1) is 10.5. The first-order valence-electron chi connectivity index (χ1n) is 7.27. The molecule has 0 unspecified atom stereocenters. The Bertz CT molecular complexity index is 472. The van der Waals surface area contributed by atoms with E-state index >= 15 is 0 Å². The van der Waals surface area contributed by atoms with Crippen LogP contribution in [0.15, 0.2) is 24.3 Å². The number of benzene rings is 1. The van der Waals surface area contributed by atoms with Crippen LogP contribution in [0.3, 0.4) is 0 Å². The van der Waals surface area contributed by atoms with Gasteiger partial charge in [0.15, 0.2) is 0 Å². The maximum absolute atomic E-state index is 11.8. The number of ether oxygens (including phenoxy) is 2. The molecule has 0 aliphatic carbocycles. The van der Waals surface area contributed by atoms with E-state index in [1.807, 2.05) is 0 Å². The summed E-state index contributed by atoms with van der Waals surface area (Å²) in [5, 5.41) is 0. The van der Waals surface area contributed by atoms with Gasteiger partial charge in [0.2, 0.25) is 0 Å². The van der Waals surface area contributed by atoms with Crippen LogP contribution >= 0.6 is 23.2 Å². The van der Waals surface area contributed by atoms with Crippen molar-refractivity contribution in [1.29, 1.82) is 0 Å². The molecule has 1 rings (SSSR count). The van der Waals surface area contributed by atoms with Crippen LogP contribution in [-0.4, -0.2) is 30.0 Å². The van der Waals surface area contributed by atoms with Crippen molar-refractivity contribution in [2.45, 2.75) is 37.4 Å². The summed E-state index contributed by atoms with van der Waals surface area (Å²) < 4.78 is 10.0. The van der Waals surface area contributed by atoms with E-state index in [4.69, 9.17) is 32.7 Å². The molecule has 4 nitrogen and oxygen atoms in total. The van der Waals surface area contributed by atoms with Gasteiger partial charge in [-0.2, -0.15) is 0 Å². The van der Waals surface area contributed by atoms with Crippen LogP contribution < -0.4 is 0 Å². The van der Waals surface area contributed by atoms with E-state index in [1.165, 1.54) is 24.3 Å². The quantitative estimate of drug-likeness (QED) is 0.378. The largest absolute Gasteiger partial charge is 0.462 e. The van der Waals surface area contributed by atoms with Gasteiger partial charge in [-0.05, 0) is 30.7 Å². The van der Waals surface area contributed by atoms with Crippen molar-refractivity contribution in [3.05, 3.63) is 35.4 Å². The van der Waals surface area contributed by atoms with Crippen LogP contribution in [0.2, 0.25) is 0 Å². The number of carbonyl (C=O) groups is 2. The molecule has 0 bridgehead atoms. The van der Waals surface area contributed by atoms with Crippen LogP contribution in [0, 0.1) is 0 Å². The third-order valence-electron chi connectivity index (χ3n) is 2.93. The zero-order valence-corrected chi connectivity index (χ0v) is 14.0. The summed E-state index contributed by atoms with van der Waals surface area (Å²) in [7, 11) is 0. The SMILES string of the molecule is CCCCCCOC(=O)c1ccc(C(=O)OCC(Cl)Cl)cc1. The molecular formula is C16H20Cl2O4. The Morgan fingerprint density at radius 1 is 0.955 bits per heavy atom. The molecule has 0 N–H and O–H groups in total. The van der Waals surface area contributed by atoms with Crippen LogP contribution in [0.1, 0.15) is 53.3 Å². The fourth-order valence-electron chi connectivity index (χ4n) is 1.74. The van der Waals surface area contributed by atoms with Gasteiger partial charge in [-0.15, -0.1) is 23.2 Å². The molecule has 1 aromatic carbocycles.